The number of unbranched alkanes of at least 4 members (excludes halogenated alkanes) is 2. The summed E-state index contributed by atoms with van der Waals surface area (Å²) < 4.78 is 152. The maximum absolute atomic E-state index is 13.5. The Labute approximate surface area is 517 Å². The van der Waals surface area contributed by atoms with E-state index < -0.39 is 86.3 Å². The van der Waals surface area contributed by atoms with Crippen LogP contribution in [-0.4, -0.2) is 136 Å². The molecule has 5 heterocycles. The number of nitrogens with one attached hydrogen (secondary N) is 3. The number of carbonyl (C=O) groups is 2. The highest BCUT2D eigenvalue weighted by Gasteiger charge is 2.45. The van der Waals surface area contributed by atoms with Gasteiger partial charge >= 0.3 is 5.97 Å². The molecule has 0 radical (unpaired) electrons. The molecule has 2 aromatic heterocycles. The first-order valence-electron chi connectivity index (χ1n) is 27.8. The van der Waals surface area contributed by atoms with E-state index in [9.17, 15) is 71.4 Å². The highest BCUT2D eigenvalue weighted by Crippen LogP contribution is 2.49. The fraction of sp³-hybridized carbons (Fsp3) is 0.305. The summed E-state index contributed by atoms with van der Waals surface area (Å²) in [6.07, 6.45) is 8.72. The van der Waals surface area contributed by atoms with Crippen LogP contribution in [-0.2, 0) is 73.8 Å². The molecule has 0 bridgehead atoms. The van der Waals surface area contributed by atoms with Crippen molar-refractivity contribution >= 4 is 92.2 Å². The number of H-pyrrole nitrogens is 1. The maximum Gasteiger partial charge on any atom is 0.326 e. The number of amides is 1. The molecule has 1 atom stereocenters. The third-order valence-electron chi connectivity index (χ3n) is 15.4. The lowest BCUT2D eigenvalue weighted by Crippen LogP contribution is -2.42. The van der Waals surface area contributed by atoms with Gasteiger partial charge in [0.25, 0.3) is 41.8 Å². The van der Waals surface area contributed by atoms with Crippen LogP contribution in [0, 0.1) is 0 Å². The number of aliphatic carboxylic acids is 1. The van der Waals surface area contributed by atoms with E-state index in [0.29, 0.717) is 56.4 Å². The Bertz CT molecular complexity index is 4560. The van der Waals surface area contributed by atoms with Crippen molar-refractivity contribution in [3.8, 4) is 5.75 Å². The zero-order valence-electron chi connectivity index (χ0n) is 48.8. The number of nitrogens with zero attached hydrogens (tertiary/aromatic N) is 5. The average molecular weight is 1310 g/mol. The number of aromatic amines is 1. The fourth-order valence-corrected chi connectivity index (χ4v) is 13.0. The molecule has 0 spiro atoms. The standard InChI is InChI=1S/C59H63N9O18S4/c1-58(2)43-30-41(89(79,80)81)18-20-46(43)67(25-5-7-27-87(73,74)75)49(58)23-13-37-34-85-48(22-24-50-59(3,4)44-31-42(90(82,83)84)19-21-47(44)68(50)26-6-8-28-88(76,77)78)52(37)86-40-16-9-35(10-17-40)29-45(56(71)72)64-54(69)36-11-14-38(15-12-36)61-32-39-33-62-53-51(63-39)55(70)66-57(60)65-53/h9-24,30-31,33,45H,5-8,25-29,32,34H2,1-4H3,(H9-,60,61,62,64,65,66,69,70,71,72,73,74,75,76,77,78,79,80,81,82,83,84)/t45-/m0/s1. The zero-order chi connectivity index (χ0) is 65.3. The van der Waals surface area contributed by atoms with Crippen LogP contribution in [0.25, 0.3) is 11.2 Å². The van der Waals surface area contributed by atoms with E-state index in [1.54, 1.807) is 60.7 Å². The predicted octanol–water partition coefficient (Wildman–Crippen LogP) is 5.68. The van der Waals surface area contributed by atoms with Gasteiger partial charge in [0, 0.05) is 76.5 Å². The van der Waals surface area contributed by atoms with E-state index in [1.165, 1.54) is 54.7 Å². The molecule has 9 N–H and O–H groups in total. The van der Waals surface area contributed by atoms with E-state index in [1.807, 2.05) is 37.2 Å². The summed E-state index contributed by atoms with van der Waals surface area (Å²) in [5.41, 5.74) is 8.70. The number of hydrogen-bond donors (Lipinski definition) is 8. The van der Waals surface area contributed by atoms with Gasteiger partial charge in [0.05, 0.1) is 49.5 Å². The molecule has 3 aliphatic heterocycles. The minimum Gasteiger partial charge on any atom is -0.748 e. The molecule has 0 fully saturated rings. The van der Waals surface area contributed by atoms with Crippen molar-refractivity contribution in [1.82, 2.24) is 25.3 Å². The Hall–Kier alpha value is -8.69. The molecule has 31 heteroatoms. The molecule has 4 aromatic carbocycles. The van der Waals surface area contributed by atoms with Crippen LogP contribution in [0.5, 0.6) is 5.75 Å². The molecule has 27 nitrogen and oxygen atoms in total. The van der Waals surface area contributed by atoms with Crippen molar-refractivity contribution < 1.29 is 80.6 Å². The Balaban J connectivity index is 1.01. The Morgan fingerprint density at radius 1 is 0.833 bits per heavy atom. The van der Waals surface area contributed by atoms with Gasteiger partial charge in [0.2, 0.25) is 11.6 Å². The second-order valence-corrected chi connectivity index (χ2v) is 28.4. The van der Waals surface area contributed by atoms with Gasteiger partial charge in [-0.25, -0.2) is 23.2 Å². The summed E-state index contributed by atoms with van der Waals surface area (Å²) >= 11 is 0. The van der Waals surface area contributed by atoms with Crippen molar-refractivity contribution in [1.29, 1.82) is 0 Å². The molecule has 476 valence electrons. The number of carbonyl (C=O) groups excluding carboxylic acids is 1. The van der Waals surface area contributed by atoms with Gasteiger partial charge in [-0.3, -0.25) is 28.2 Å². The second kappa shape index (κ2) is 25.7. The monoisotopic (exact) mass is 1310 g/mol. The van der Waals surface area contributed by atoms with Crippen LogP contribution in [0.2, 0.25) is 0 Å². The van der Waals surface area contributed by atoms with Gasteiger partial charge in [-0.1, -0.05) is 26.0 Å². The van der Waals surface area contributed by atoms with Crippen LogP contribution >= 0.6 is 0 Å². The topological polar surface area (TPSA) is 421 Å². The molecule has 3 aliphatic rings. The molecular weight excluding hydrogens is 1250 g/mol. The number of benzene rings is 4. The number of carboxylic acid groups (broad SMARTS) is 1. The van der Waals surface area contributed by atoms with E-state index in [-0.39, 0.29) is 108 Å². The van der Waals surface area contributed by atoms with Crippen molar-refractivity contribution in [3.05, 3.63) is 177 Å². The molecular formula is C59H63N9O18S4. The van der Waals surface area contributed by atoms with Crippen LogP contribution in [0.4, 0.5) is 23.0 Å². The number of fused-ring (bicyclic) bond motifs is 3. The van der Waals surface area contributed by atoms with E-state index >= 15 is 0 Å². The van der Waals surface area contributed by atoms with E-state index in [2.05, 4.69) is 30.6 Å². The van der Waals surface area contributed by atoms with Crippen molar-refractivity contribution in [2.75, 3.05) is 47.2 Å². The lowest BCUT2D eigenvalue weighted by molar-refractivity contribution is -0.438. The SMILES string of the molecule is CC1(C)C(=CC=C2OCC(C=CC3=[N+](CCCCS(=O)(=O)O)c4ccc(S(=O)(=O)O)cc4C3(C)C)=C2Oc2ccc(C[C@H](NC(=O)c3ccc(NCc4cnc5nc(N)[nH]c(=O)c5n4)cc3)C(=O)O)cc2)N(CCCCS(=O)(=O)[O-])c2ccc(S(=O)(=O)O)cc21. The van der Waals surface area contributed by atoms with Crippen molar-refractivity contribution in [2.45, 2.75) is 93.0 Å². The number of allylic oxidation sites excluding steroid dienone is 4. The number of nitrogen functional groups attached to an aromatic ring is 1. The summed E-state index contributed by atoms with van der Waals surface area (Å²) in [6, 6.07) is 19.5. The molecule has 0 aliphatic carbocycles. The van der Waals surface area contributed by atoms with Crippen LogP contribution in [0.15, 0.2) is 153 Å². The van der Waals surface area contributed by atoms with Crippen molar-refractivity contribution in [2.24, 2.45) is 0 Å². The zero-order valence-corrected chi connectivity index (χ0v) is 52.0. The third-order valence-corrected chi connectivity index (χ3v) is 18.7. The summed E-state index contributed by atoms with van der Waals surface area (Å²) in [5.74, 6) is -2.57. The number of rotatable bonds is 25. The Morgan fingerprint density at radius 3 is 2.16 bits per heavy atom. The molecule has 90 heavy (non-hydrogen) atoms. The van der Waals surface area contributed by atoms with Gasteiger partial charge in [0.1, 0.15) is 24.9 Å². The Kier molecular flexibility index (Phi) is 18.7. The lowest BCUT2D eigenvalue weighted by atomic mass is 9.81. The van der Waals surface area contributed by atoms with Crippen LogP contribution in [0.3, 0.4) is 0 Å². The molecule has 0 saturated heterocycles. The molecule has 9 rings (SSSR count). The third kappa shape index (κ3) is 15.3. The van der Waals surface area contributed by atoms with Gasteiger partial charge in [-0.2, -0.15) is 34.8 Å². The number of anilines is 3. The number of nitrogens with two attached hydrogens (primary N) is 1. The summed E-state index contributed by atoms with van der Waals surface area (Å²) in [6.45, 7) is 7.78. The molecule has 0 unspecified atom stereocenters. The number of aromatic nitrogens is 4. The van der Waals surface area contributed by atoms with Gasteiger partial charge in [-0.15, -0.1) is 0 Å². The van der Waals surface area contributed by atoms with Crippen LogP contribution in [0.1, 0.15) is 86.1 Å². The highest BCUT2D eigenvalue weighted by atomic mass is 32.2. The number of carboxylic acids is 1. The number of hydrogen-bond acceptors (Lipinski definition) is 20. The first-order chi connectivity index (χ1) is 42.2. The van der Waals surface area contributed by atoms with Crippen molar-refractivity contribution in [3.63, 3.8) is 0 Å². The molecule has 1 amide bonds. The van der Waals surface area contributed by atoms with Crippen LogP contribution < -0.4 is 31.6 Å². The van der Waals surface area contributed by atoms with E-state index in [0.717, 1.165) is 0 Å². The quantitative estimate of drug-likeness (QED) is 0.0194. The first-order valence-corrected chi connectivity index (χ1v) is 33.9. The Morgan fingerprint density at radius 2 is 1.50 bits per heavy atom. The van der Waals surface area contributed by atoms with Gasteiger partial charge in [-0.05, 0) is 129 Å². The minimum atomic E-state index is -4.64. The van der Waals surface area contributed by atoms with E-state index in [4.69, 9.17) is 15.2 Å². The highest BCUT2D eigenvalue weighted by molar-refractivity contribution is 7.86. The fourth-order valence-electron chi connectivity index (χ4n) is 10.8. The lowest BCUT2D eigenvalue weighted by Gasteiger charge is -2.27. The first kappa shape index (κ1) is 65.7. The number of ether oxygens (including phenoxy) is 2. The summed E-state index contributed by atoms with van der Waals surface area (Å²) in [5, 5.41) is 16.0. The largest absolute Gasteiger partial charge is 0.748 e. The van der Waals surface area contributed by atoms with Gasteiger partial charge < -0.3 is 40.4 Å². The summed E-state index contributed by atoms with van der Waals surface area (Å²) in [7, 11) is -18.1. The molecule has 6 aromatic rings. The normalized spacial score (nSPS) is 16.9. The smallest absolute Gasteiger partial charge is 0.326 e. The second-order valence-electron chi connectivity index (χ2n) is 22.5. The summed E-state index contributed by atoms with van der Waals surface area (Å²) in [4.78, 5) is 54.3. The average Bonchev–Trinajstić information content (AvgIpc) is 1.60. The predicted molar refractivity (Wildman–Crippen MR) is 329 cm³/mol. The minimum absolute atomic E-state index is 0.00663. The molecule has 0 saturated carbocycles. The maximum atomic E-state index is 13.5. The van der Waals surface area contributed by atoms with Gasteiger partial charge in [0.15, 0.2) is 28.4 Å².